The molecule has 1 aromatic carbocycles. The van der Waals surface area contributed by atoms with Crippen molar-refractivity contribution in [2.24, 2.45) is 5.92 Å². The van der Waals surface area contributed by atoms with Gasteiger partial charge in [0.05, 0.1) is 10.7 Å². The molecule has 2 N–H and O–H groups in total. The SMILES string of the molecule is OC[C@H]1CCCN(CCNC2CCN(c3ccccc3Cl)CC2)C1. The fourth-order valence-electron chi connectivity index (χ4n) is 3.96. The number of hydrogen-bond acceptors (Lipinski definition) is 4. The summed E-state index contributed by atoms with van der Waals surface area (Å²) in [5.41, 5.74) is 1.17. The summed E-state index contributed by atoms with van der Waals surface area (Å²) in [6.45, 7) is 6.86. The van der Waals surface area contributed by atoms with E-state index < -0.39 is 0 Å². The van der Waals surface area contributed by atoms with Gasteiger partial charge in [-0.3, -0.25) is 0 Å². The molecule has 0 aromatic heterocycles. The van der Waals surface area contributed by atoms with Crippen LogP contribution in [0, 0.1) is 5.92 Å². The van der Waals surface area contributed by atoms with E-state index in [0.717, 1.165) is 37.7 Å². The number of rotatable bonds is 6. The van der Waals surface area contributed by atoms with Crippen molar-refractivity contribution in [3.63, 3.8) is 0 Å². The van der Waals surface area contributed by atoms with Crippen LogP contribution < -0.4 is 10.2 Å². The van der Waals surface area contributed by atoms with E-state index in [9.17, 15) is 5.11 Å². The summed E-state index contributed by atoms with van der Waals surface area (Å²) in [4.78, 5) is 4.90. The molecule has 2 fully saturated rings. The topological polar surface area (TPSA) is 38.7 Å². The first-order valence-electron chi connectivity index (χ1n) is 9.32. The predicted octanol–water partition coefficient (Wildman–Crippen LogP) is 2.60. The van der Waals surface area contributed by atoms with Crippen LogP contribution in [0.25, 0.3) is 0 Å². The average molecular weight is 352 g/mol. The van der Waals surface area contributed by atoms with E-state index in [4.69, 9.17) is 11.6 Å². The molecule has 0 radical (unpaired) electrons. The molecule has 1 aromatic rings. The number of aliphatic hydroxyl groups is 1. The zero-order valence-corrected chi connectivity index (χ0v) is 15.2. The monoisotopic (exact) mass is 351 g/mol. The summed E-state index contributed by atoms with van der Waals surface area (Å²) in [5, 5.41) is 13.9. The Balaban J connectivity index is 1.36. The summed E-state index contributed by atoms with van der Waals surface area (Å²) in [5.74, 6) is 0.484. The Kier molecular flexibility index (Phi) is 6.78. The molecular weight excluding hydrogens is 322 g/mol. The smallest absolute Gasteiger partial charge is 0.0639 e. The van der Waals surface area contributed by atoms with E-state index >= 15 is 0 Å². The molecule has 0 amide bonds. The van der Waals surface area contributed by atoms with E-state index in [0.29, 0.717) is 18.6 Å². The second kappa shape index (κ2) is 9.04. The summed E-state index contributed by atoms with van der Waals surface area (Å²) in [6, 6.07) is 8.75. The summed E-state index contributed by atoms with van der Waals surface area (Å²) >= 11 is 6.31. The summed E-state index contributed by atoms with van der Waals surface area (Å²) < 4.78 is 0. The van der Waals surface area contributed by atoms with Gasteiger partial charge >= 0.3 is 0 Å². The Morgan fingerprint density at radius 1 is 1.12 bits per heavy atom. The fourth-order valence-corrected chi connectivity index (χ4v) is 4.22. The third kappa shape index (κ3) is 4.85. The van der Waals surface area contributed by atoms with Gasteiger partial charge in [0.15, 0.2) is 0 Å². The Morgan fingerprint density at radius 3 is 2.67 bits per heavy atom. The molecule has 0 unspecified atom stereocenters. The van der Waals surface area contributed by atoms with Gasteiger partial charge in [-0.15, -0.1) is 0 Å². The summed E-state index contributed by atoms with van der Waals surface area (Å²) in [6.07, 6.45) is 4.75. The molecule has 2 aliphatic rings. The first kappa shape index (κ1) is 18.0. The number of para-hydroxylation sites is 1. The van der Waals surface area contributed by atoms with Crippen molar-refractivity contribution in [1.82, 2.24) is 10.2 Å². The van der Waals surface area contributed by atoms with Crippen LogP contribution >= 0.6 is 11.6 Å². The molecule has 0 saturated carbocycles. The minimum atomic E-state index is 0.338. The van der Waals surface area contributed by atoms with Crippen molar-refractivity contribution in [1.29, 1.82) is 0 Å². The molecule has 24 heavy (non-hydrogen) atoms. The number of halogens is 1. The molecule has 3 rings (SSSR count). The van der Waals surface area contributed by atoms with Gasteiger partial charge in [-0.25, -0.2) is 0 Å². The third-order valence-electron chi connectivity index (χ3n) is 5.41. The minimum absolute atomic E-state index is 0.338. The zero-order valence-electron chi connectivity index (χ0n) is 14.5. The highest BCUT2D eigenvalue weighted by Gasteiger charge is 2.22. The molecule has 0 spiro atoms. The normalized spacial score (nSPS) is 23.6. The molecule has 0 bridgehead atoms. The maximum Gasteiger partial charge on any atom is 0.0639 e. The number of nitrogens with zero attached hydrogens (tertiary/aromatic N) is 2. The van der Waals surface area contributed by atoms with E-state index in [-0.39, 0.29) is 0 Å². The van der Waals surface area contributed by atoms with Crippen LogP contribution in [0.2, 0.25) is 5.02 Å². The second-order valence-electron chi connectivity index (χ2n) is 7.16. The van der Waals surface area contributed by atoms with Gasteiger partial charge in [-0.1, -0.05) is 23.7 Å². The quantitative estimate of drug-likeness (QED) is 0.826. The molecule has 2 saturated heterocycles. The van der Waals surface area contributed by atoms with Gasteiger partial charge in [0.2, 0.25) is 0 Å². The van der Waals surface area contributed by atoms with Crippen LogP contribution in [0.15, 0.2) is 24.3 Å². The highest BCUT2D eigenvalue weighted by atomic mass is 35.5. The lowest BCUT2D eigenvalue weighted by atomic mass is 9.99. The lowest BCUT2D eigenvalue weighted by Gasteiger charge is -2.35. The van der Waals surface area contributed by atoms with E-state index in [1.54, 1.807) is 0 Å². The number of nitrogens with one attached hydrogen (secondary N) is 1. The Labute approximate surface area is 150 Å². The van der Waals surface area contributed by atoms with E-state index in [2.05, 4.69) is 27.2 Å². The van der Waals surface area contributed by atoms with Crippen molar-refractivity contribution >= 4 is 17.3 Å². The molecule has 2 aliphatic heterocycles. The number of hydrogen-bond donors (Lipinski definition) is 2. The third-order valence-corrected chi connectivity index (χ3v) is 5.73. The number of likely N-dealkylation sites (tertiary alicyclic amines) is 1. The average Bonchev–Trinajstić information content (AvgIpc) is 2.63. The number of aliphatic hydroxyl groups excluding tert-OH is 1. The highest BCUT2D eigenvalue weighted by molar-refractivity contribution is 6.33. The minimum Gasteiger partial charge on any atom is -0.396 e. The largest absolute Gasteiger partial charge is 0.396 e. The second-order valence-corrected chi connectivity index (χ2v) is 7.57. The standard InChI is InChI=1S/C19H30ClN3O/c20-18-5-1-2-6-19(18)23-11-7-17(8-12-23)21-9-13-22-10-3-4-16(14-22)15-24/h1-2,5-6,16-17,21,24H,3-4,7-15H2/t16-/m0/s1. The highest BCUT2D eigenvalue weighted by Crippen LogP contribution is 2.27. The van der Waals surface area contributed by atoms with Gasteiger partial charge in [0.1, 0.15) is 0 Å². The Bertz CT molecular complexity index is 505. The lowest BCUT2D eigenvalue weighted by molar-refractivity contribution is 0.120. The maximum absolute atomic E-state index is 9.32. The van der Waals surface area contributed by atoms with Gasteiger partial charge in [-0.05, 0) is 50.3 Å². The van der Waals surface area contributed by atoms with Crippen molar-refractivity contribution < 1.29 is 5.11 Å². The van der Waals surface area contributed by atoms with Crippen molar-refractivity contribution in [3.05, 3.63) is 29.3 Å². The number of anilines is 1. The van der Waals surface area contributed by atoms with Crippen LogP contribution in [-0.2, 0) is 0 Å². The van der Waals surface area contributed by atoms with Crippen molar-refractivity contribution in [2.75, 3.05) is 50.8 Å². The molecule has 5 heteroatoms. The summed E-state index contributed by atoms with van der Waals surface area (Å²) in [7, 11) is 0. The molecule has 134 valence electrons. The van der Waals surface area contributed by atoms with Gasteiger partial charge in [0.25, 0.3) is 0 Å². The van der Waals surface area contributed by atoms with E-state index in [1.165, 1.54) is 37.9 Å². The van der Waals surface area contributed by atoms with Crippen molar-refractivity contribution in [3.8, 4) is 0 Å². The molecular formula is C19H30ClN3O. The zero-order chi connectivity index (χ0) is 16.8. The first-order chi connectivity index (χ1) is 11.8. The maximum atomic E-state index is 9.32. The fraction of sp³-hybridized carbons (Fsp3) is 0.684. The van der Waals surface area contributed by atoms with Gasteiger partial charge < -0.3 is 20.2 Å². The van der Waals surface area contributed by atoms with Crippen molar-refractivity contribution in [2.45, 2.75) is 31.7 Å². The van der Waals surface area contributed by atoms with Crippen LogP contribution in [-0.4, -0.2) is 61.9 Å². The number of benzene rings is 1. The molecule has 2 heterocycles. The van der Waals surface area contributed by atoms with Crippen LogP contribution in [0.1, 0.15) is 25.7 Å². The first-order valence-corrected chi connectivity index (χ1v) is 9.70. The van der Waals surface area contributed by atoms with Crippen LogP contribution in [0.5, 0.6) is 0 Å². The van der Waals surface area contributed by atoms with Crippen LogP contribution in [0.4, 0.5) is 5.69 Å². The van der Waals surface area contributed by atoms with Crippen LogP contribution in [0.3, 0.4) is 0 Å². The molecule has 1 atom stereocenters. The Morgan fingerprint density at radius 2 is 1.92 bits per heavy atom. The van der Waals surface area contributed by atoms with Gasteiger partial charge in [-0.2, -0.15) is 0 Å². The lowest BCUT2D eigenvalue weighted by Crippen LogP contribution is -2.46. The van der Waals surface area contributed by atoms with Gasteiger partial charge in [0, 0.05) is 45.4 Å². The number of piperidine rings is 2. The Hall–Kier alpha value is -0.810. The van der Waals surface area contributed by atoms with E-state index in [1.807, 2.05) is 12.1 Å². The molecule has 0 aliphatic carbocycles. The predicted molar refractivity (Wildman–Crippen MR) is 101 cm³/mol. The molecule has 4 nitrogen and oxygen atoms in total.